The van der Waals surface area contributed by atoms with Gasteiger partial charge in [-0.25, -0.2) is 0 Å². The van der Waals surface area contributed by atoms with Crippen LogP contribution in [0.15, 0.2) is 23.9 Å². The molecule has 0 aromatic heterocycles. The third-order valence-electron chi connectivity index (χ3n) is 3.92. The second-order valence-electron chi connectivity index (χ2n) is 5.16. The van der Waals surface area contributed by atoms with Gasteiger partial charge in [0.25, 0.3) is 0 Å². The number of unbranched alkanes of at least 4 members (excludes halogenated alkanes) is 2. The Hall–Kier alpha value is -1.24. The van der Waals surface area contributed by atoms with Gasteiger partial charge in [0.1, 0.15) is 0 Å². The maximum Gasteiger partial charge on any atom is 0.0711 e. The fraction of sp³-hybridized carbons (Fsp3) is 0.500. The highest BCUT2D eigenvalue weighted by molar-refractivity contribution is 5.85. The van der Waals surface area contributed by atoms with Crippen molar-refractivity contribution in [1.82, 2.24) is 5.32 Å². The zero-order valence-electron chi connectivity index (χ0n) is 10.6. The molecule has 0 spiro atoms. The van der Waals surface area contributed by atoms with Crippen molar-refractivity contribution < 1.29 is 0 Å². The summed E-state index contributed by atoms with van der Waals surface area (Å²) in [7, 11) is 0. The van der Waals surface area contributed by atoms with Crippen molar-refractivity contribution in [3.8, 4) is 0 Å². The normalized spacial score (nSPS) is 17.0. The van der Waals surface area contributed by atoms with Crippen molar-refractivity contribution in [2.75, 3.05) is 0 Å². The highest BCUT2D eigenvalue weighted by atomic mass is 14.9. The highest BCUT2D eigenvalue weighted by Crippen LogP contribution is 2.45. The van der Waals surface area contributed by atoms with Crippen molar-refractivity contribution in [3.05, 3.63) is 35.0 Å². The molecule has 0 unspecified atom stereocenters. The van der Waals surface area contributed by atoms with E-state index >= 15 is 0 Å². The van der Waals surface area contributed by atoms with E-state index in [1.807, 2.05) is 0 Å². The Morgan fingerprint density at radius 1 is 1.18 bits per heavy atom. The number of aryl methyl sites for hydroxylation is 1. The lowest BCUT2D eigenvalue weighted by molar-refractivity contribution is 0.716. The van der Waals surface area contributed by atoms with Crippen molar-refractivity contribution in [2.45, 2.75) is 51.9 Å². The van der Waals surface area contributed by atoms with E-state index in [0.29, 0.717) is 0 Å². The molecule has 1 aromatic carbocycles. The zero-order chi connectivity index (χ0) is 11.7. The van der Waals surface area contributed by atoms with E-state index in [9.17, 15) is 0 Å². The molecule has 0 fully saturated rings. The van der Waals surface area contributed by atoms with Crippen molar-refractivity contribution >= 4 is 11.3 Å². The number of rotatable bonds is 4. The van der Waals surface area contributed by atoms with Gasteiger partial charge in [-0.15, -0.1) is 0 Å². The molecule has 0 bridgehead atoms. The smallest absolute Gasteiger partial charge is 0.0711 e. The molecule has 0 amide bonds. The number of benzene rings is 1. The van der Waals surface area contributed by atoms with Gasteiger partial charge in [0.05, 0.1) is 5.69 Å². The summed E-state index contributed by atoms with van der Waals surface area (Å²) in [6.45, 7) is 2.27. The van der Waals surface area contributed by atoms with Gasteiger partial charge in [0.15, 0.2) is 0 Å². The summed E-state index contributed by atoms with van der Waals surface area (Å²) >= 11 is 0. The molecule has 2 aliphatic rings. The molecular weight excluding hydrogens is 206 g/mol. The van der Waals surface area contributed by atoms with Crippen LogP contribution in [0.2, 0.25) is 0 Å². The molecule has 1 aromatic rings. The first-order valence-electron chi connectivity index (χ1n) is 6.96. The van der Waals surface area contributed by atoms with Crippen LogP contribution in [0, 0.1) is 0 Å². The molecule has 0 saturated heterocycles. The minimum absolute atomic E-state index is 1.19. The maximum atomic E-state index is 4.78. The summed E-state index contributed by atoms with van der Waals surface area (Å²) in [5.41, 5.74) is 7.21. The third-order valence-corrected chi connectivity index (χ3v) is 3.92. The number of fused-ring (bicyclic) bond motifs is 2. The Morgan fingerprint density at radius 2 is 2.12 bits per heavy atom. The Bertz CT molecular complexity index is 457. The van der Waals surface area contributed by atoms with E-state index in [4.69, 9.17) is 5.32 Å². The molecule has 1 aliphatic heterocycles. The molecular formula is C16H20N. The molecule has 17 heavy (non-hydrogen) atoms. The summed E-state index contributed by atoms with van der Waals surface area (Å²) in [5, 5.41) is 4.78. The Kier molecular flexibility index (Phi) is 2.92. The maximum absolute atomic E-state index is 4.78. The van der Waals surface area contributed by atoms with Crippen molar-refractivity contribution in [3.63, 3.8) is 0 Å². The lowest BCUT2D eigenvalue weighted by Crippen LogP contribution is -1.94. The van der Waals surface area contributed by atoms with Crippen LogP contribution in [-0.2, 0) is 6.42 Å². The van der Waals surface area contributed by atoms with Gasteiger partial charge in [0, 0.05) is 11.3 Å². The van der Waals surface area contributed by atoms with Crippen LogP contribution in [0.5, 0.6) is 0 Å². The average Bonchev–Trinajstić information content (AvgIpc) is 2.89. The lowest BCUT2D eigenvalue weighted by atomic mass is 9.95. The Balaban J connectivity index is 1.88. The van der Waals surface area contributed by atoms with Gasteiger partial charge in [-0.3, -0.25) is 5.32 Å². The van der Waals surface area contributed by atoms with Crippen LogP contribution < -0.4 is 5.32 Å². The fourth-order valence-electron chi connectivity index (χ4n) is 3.07. The highest BCUT2D eigenvalue weighted by Gasteiger charge is 2.28. The predicted molar refractivity (Wildman–Crippen MR) is 72.2 cm³/mol. The SMILES string of the molecule is CCCCCc1cccc2c1C1=C(CCC1)[N]2. The van der Waals surface area contributed by atoms with E-state index < -0.39 is 0 Å². The quantitative estimate of drug-likeness (QED) is 0.668. The molecule has 1 heterocycles. The largest absolute Gasteiger partial charge is 0.253 e. The van der Waals surface area contributed by atoms with Gasteiger partial charge in [-0.1, -0.05) is 31.9 Å². The van der Waals surface area contributed by atoms with Crippen LogP contribution in [0.4, 0.5) is 5.69 Å². The van der Waals surface area contributed by atoms with Crippen molar-refractivity contribution in [2.24, 2.45) is 0 Å². The Morgan fingerprint density at radius 3 is 3.00 bits per heavy atom. The van der Waals surface area contributed by atoms with Gasteiger partial charge >= 0.3 is 0 Å². The first-order valence-corrected chi connectivity index (χ1v) is 6.96. The number of allylic oxidation sites excluding steroid dienone is 2. The van der Waals surface area contributed by atoms with E-state index in [1.165, 1.54) is 67.5 Å². The van der Waals surface area contributed by atoms with E-state index in [0.717, 1.165) is 0 Å². The number of hydrogen-bond acceptors (Lipinski definition) is 0. The number of hydrogen-bond donors (Lipinski definition) is 0. The van der Waals surface area contributed by atoms with Gasteiger partial charge in [-0.2, -0.15) is 0 Å². The number of nitrogens with zero attached hydrogens (tertiary/aromatic N) is 1. The van der Waals surface area contributed by atoms with E-state index in [2.05, 4.69) is 25.1 Å². The lowest BCUT2D eigenvalue weighted by Gasteiger charge is -2.10. The summed E-state index contributed by atoms with van der Waals surface area (Å²) in [6.07, 6.45) is 8.92. The minimum Gasteiger partial charge on any atom is -0.253 e. The third kappa shape index (κ3) is 1.88. The molecule has 0 saturated carbocycles. The van der Waals surface area contributed by atoms with Crippen molar-refractivity contribution in [1.29, 1.82) is 0 Å². The van der Waals surface area contributed by atoms with Gasteiger partial charge in [-0.05, 0) is 49.3 Å². The zero-order valence-corrected chi connectivity index (χ0v) is 10.6. The first kappa shape index (κ1) is 10.9. The van der Waals surface area contributed by atoms with Crippen LogP contribution >= 0.6 is 0 Å². The van der Waals surface area contributed by atoms with Crippen LogP contribution in [0.3, 0.4) is 0 Å². The molecule has 0 atom stereocenters. The minimum atomic E-state index is 1.19. The molecule has 1 aliphatic carbocycles. The predicted octanol–water partition coefficient (Wildman–Crippen LogP) is 4.56. The monoisotopic (exact) mass is 226 g/mol. The van der Waals surface area contributed by atoms with Crippen LogP contribution in [-0.4, -0.2) is 0 Å². The van der Waals surface area contributed by atoms with Gasteiger partial charge < -0.3 is 0 Å². The Labute approximate surface area is 104 Å². The van der Waals surface area contributed by atoms with E-state index in [1.54, 1.807) is 5.57 Å². The summed E-state index contributed by atoms with van der Waals surface area (Å²) in [6, 6.07) is 6.65. The molecule has 0 N–H and O–H groups in total. The van der Waals surface area contributed by atoms with Crippen LogP contribution in [0.25, 0.3) is 5.57 Å². The fourth-order valence-corrected chi connectivity index (χ4v) is 3.07. The molecule has 1 nitrogen and oxygen atoms in total. The molecule has 3 rings (SSSR count). The van der Waals surface area contributed by atoms with Crippen LogP contribution in [0.1, 0.15) is 56.6 Å². The first-order chi connectivity index (χ1) is 8.40. The molecule has 1 radical (unpaired) electrons. The standard InChI is InChI=1S/C16H20N/c1-2-3-4-7-12-8-5-11-15-16(12)13-9-6-10-14(13)17-15/h5,8,11H,2-4,6-7,9-10H2,1H3. The summed E-state index contributed by atoms with van der Waals surface area (Å²) in [4.78, 5) is 0. The topological polar surface area (TPSA) is 14.1 Å². The van der Waals surface area contributed by atoms with Gasteiger partial charge in [0.2, 0.25) is 0 Å². The molecule has 89 valence electrons. The average molecular weight is 226 g/mol. The summed E-state index contributed by atoms with van der Waals surface area (Å²) < 4.78 is 0. The van der Waals surface area contributed by atoms with E-state index in [-0.39, 0.29) is 0 Å². The second-order valence-corrected chi connectivity index (χ2v) is 5.16. The molecule has 1 heteroatoms. The summed E-state index contributed by atoms with van der Waals surface area (Å²) in [5.74, 6) is 0. The second kappa shape index (κ2) is 4.56.